The molecule has 4 rings (SSSR count). The lowest BCUT2D eigenvalue weighted by molar-refractivity contribution is -0.128. The lowest BCUT2D eigenvalue weighted by Gasteiger charge is -2.35. The molecule has 2 aliphatic heterocycles. The van der Waals surface area contributed by atoms with Gasteiger partial charge in [-0.15, -0.1) is 0 Å². The molecule has 7 nitrogen and oxygen atoms in total. The number of carbonyl (C=O) groups excluding carboxylic acids is 3. The lowest BCUT2D eigenvalue weighted by Crippen LogP contribution is -2.50. The molecule has 0 atom stereocenters. The summed E-state index contributed by atoms with van der Waals surface area (Å²) in [5.74, 6) is 0.766. The van der Waals surface area contributed by atoms with Gasteiger partial charge in [0.25, 0.3) is 11.8 Å². The van der Waals surface area contributed by atoms with Crippen molar-refractivity contribution in [2.45, 2.75) is 19.4 Å². The van der Waals surface area contributed by atoms with E-state index in [9.17, 15) is 14.4 Å². The fourth-order valence-electron chi connectivity index (χ4n) is 4.08. The Morgan fingerprint density at radius 3 is 2.10 bits per heavy atom. The first-order valence-corrected chi connectivity index (χ1v) is 10.6. The first-order chi connectivity index (χ1) is 15.0. The summed E-state index contributed by atoms with van der Waals surface area (Å²) >= 11 is 0. The Labute approximate surface area is 182 Å². The summed E-state index contributed by atoms with van der Waals surface area (Å²) in [6, 6.07) is 14.6. The number of methoxy groups -OCH3 is 1. The largest absolute Gasteiger partial charge is 0.497 e. The van der Waals surface area contributed by atoms with Crippen LogP contribution in [0.25, 0.3) is 0 Å². The highest BCUT2D eigenvalue weighted by Crippen LogP contribution is 2.18. The highest BCUT2D eigenvalue weighted by atomic mass is 16.5. The molecule has 162 valence electrons. The third kappa shape index (κ3) is 4.71. The second kappa shape index (κ2) is 9.20. The van der Waals surface area contributed by atoms with Gasteiger partial charge in [-0.05, 0) is 42.3 Å². The van der Waals surface area contributed by atoms with E-state index >= 15 is 0 Å². The molecular weight excluding hydrogens is 394 g/mol. The number of hydrogen-bond donors (Lipinski definition) is 0. The van der Waals surface area contributed by atoms with E-state index in [0.717, 1.165) is 18.5 Å². The van der Waals surface area contributed by atoms with Gasteiger partial charge in [0.15, 0.2) is 0 Å². The average Bonchev–Trinajstić information content (AvgIpc) is 3.23. The van der Waals surface area contributed by atoms with E-state index in [0.29, 0.717) is 56.0 Å². The van der Waals surface area contributed by atoms with Crippen LogP contribution in [0.15, 0.2) is 48.5 Å². The monoisotopic (exact) mass is 421 g/mol. The molecule has 2 aromatic rings. The molecule has 2 saturated heterocycles. The zero-order valence-corrected chi connectivity index (χ0v) is 17.8. The number of piperazine rings is 1. The summed E-state index contributed by atoms with van der Waals surface area (Å²) < 4.78 is 5.20. The van der Waals surface area contributed by atoms with Crippen LogP contribution < -0.4 is 4.74 Å². The van der Waals surface area contributed by atoms with Crippen LogP contribution in [0.1, 0.15) is 39.1 Å². The Balaban J connectivity index is 1.32. The van der Waals surface area contributed by atoms with Gasteiger partial charge in [-0.25, -0.2) is 0 Å². The zero-order chi connectivity index (χ0) is 21.8. The number of ether oxygens (including phenoxy) is 1. The van der Waals surface area contributed by atoms with Crippen LogP contribution in [0.4, 0.5) is 0 Å². The number of amides is 3. The summed E-state index contributed by atoms with van der Waals surface area (Å²) in [7, 11) is 1.58. The lowest BCUT2D eigenvalue weighted by atomic mass is 10.1. The molecule has 0 N–H and O–H groups in total. The molecule has 0 radical (unpaired) electrons. The van der Waals surface area contributed by atoms with Gasteiger partial charge in [-0.3, -0.25) is 14.4 Å². The molecule has 2 fully saturated rings. The van der Waals surface area contributed by atoms with E-state index in [1.165, 1.54) is 0 Å². The minimum absolute atomic E-state index is 0.0303. The summed E-state index contributed by atoms with van der Waals surface area (Å²) in [6.07, 6.45) is 1.55. The number of benzene rings is 2. The van der Waals surface area contributed by atoms with Crippen LogP contribution in [0, 0.1) is 0 Å². The summed E-state index contributed by atoms with van der Waals surface area (Å²) in [4.78, 5) is 42.8. The van der Waals surface area contributed by atoms with Gasteiger partial charge in [0.2, 0.25) is 5.91 Å². The van der Waals surface area contributed by atoms with E-state index in [1.54, 1.807) is 35.1 Å². The molecular formula is C24H27N3O4. The molecule has 2 heterocycles. The molecule has 7 heteroatoms. The predicted molar refractivity (Wildman–Crippen MR) is 116 cm³/mol. The summed E-state index contributed by atoms with van der Waals surface area (Å²) in [6.45, 7) is 3.39. The summed E-state index contributed by atoms with van der Waals surface area (Å²) in [5.41, 5.74) is 2.25. The van der Waals surface area contributed by atoms with Crippen molar-refractivity contribution in [2.75, 3.05) is 39.8 Å². The van der Waals surface area contributed by atoms with Crippen molar-refractivity contribution in [1.29, 1.82) is 0 Å². The number of carbonyl (C=O) groups is 3. The van der Waals surface area contributed by atoms with Gasteiger partial charge in [0, 0.05) is 56.8 Å². The number of likely N-dealkylation sites (tertiary alicyclic amines) is 1. The van der Waals surface area contributed by atoms with Crippen molar-refractivity contribution in [2.24, 2.45) is 0 Å². The van der Waals surface area contributed by atoms with Crippen molar-refractivity contribution >= 4 is 17.7 Å². The topological polar surface area (TPSA) is 70.2 Å². The molecule has 0 aromatic heterocycles. The molecule has 3 amide bonds. The van der Waals surface area contributed by atoms with Gasteiger partial charge in [0.1, 0.15) is 5.75 Å². The van der Waals surface area contributed by atoms with Crippen molar-refractivity contribution in [3.63, 3.8) is 0 Å². The normalized spacial score (nSPS) is 16.5. The van der Waals surface area contributed by atoms with Crippen molar-refractivity contribution in [3.8, 4) is 5.75 Å². The molecule has 0 spiro atoms. The second-order valence-electron chi connectivity index (χ2n) is 7.93. The van der Waals surface area contributed by atoms with Crippen molar-refractivity contribution in [3.05, 3.63) is 65.2 Å². The van der Waals surface area contributed by atoms with Crippen molar-refractivity contribution in [1.82, 2.24) is 14.7 Å². The second-order valence-corrected chi connectivity index (χ2v) is 7.93. The molecule has 2 aliphatic rings. The first kappa shape index (κ1) is 20.9. The Morgan fingerprint density at radius 2 is 1.52 bits per heavy atom. The Morgan fingerprint density at radius 1 is 0.871 bits per heavy atom. The quantitative estimate of drug-likeness (QED) is 0.744. The highest BCUT2D eigenvalue weighted by Gasteiger charge is 2.26. The average molecular weight is 421 g/mol. The van der Waals surface area contributed by atoms with Gasteiger partial charge in [-0.1, -0.05) is 18.2 Å². The van der Waals surface area contributed by atoms with Gasteiger partial charge < -0.3 is 19.4 Å². The van der Waals surface area contributed by atoms with Crippen LogP contribution in [0.5, 0.6) is 5.75 Å². The Bertz CT molecular complexity index is 965. The van der Waals surface area contributed by atoms with E-state index in [4.69, 9.17) is 4.74 Å². The van der Waals surface area contributed by atoms with Gasteiger partial charge in [0.05, 0.1) is 7.11 Å². The van der Waals surface area contributed by atoms with E-state index in [-0.39, 0.29) is 17.7 Å². The molecule has 0 saturated carbocycles. The third-order valence-corrected chi connectivity index (χ3v) is 5.92. The smallest absolute Gasteiger partial charge is 0.254 e. The maximum Gasteiger partial charge on any atom is 0.254 e. The molecule has 31 heavy (non-hydrogen) atoms. The van der Waals surface area contributed by atoms with Crippen LogP contribution in [-0.4, -0.2) is 72.3 Å². The minimum Gasteiger partial charge on any atom is -0.497 e. The van der Waals surface area contributed by atoms with Crippen LogP contribution >= 0.6 is 0 Å². The van der Waals surface area contributed by atoms with Crippen LogP contribution in [0.3, 0.4) is 0 Å². The maximum atomic E-state index is 12.9. The predicted octanol–water partition coefficient (Wildman–Crippen LogP) is 2.42. The fraction of sp³-hybridized carbons (Fsp3) is 0.375. The minimum atomic E-state index is -0.0492. The van der Waals surface area contributed by atoms with Crippen LogP contribution in [-0.2, 0) is 11.3 Å². The third-order valence-electron chi connectivity index (χ3n) is 5.92. The highest BCUT2D eigenvalue weighted by molar-refractivity contribution is 5.96. The van der Waals surface area contributed by atoms with E-state index in [1.807, 2.05) is 35.2 Å². The standard InChI is InChI=1S/C24H27N3O4/c1-31-21-5-2-4-20(16-21)24(30)26-14-12-25(13-15-26)23(29)19-9-7-18(8-10-19)17-27-11-3-6-22(27)28/h2,4-5,7-10,16H,3,6,11-15,17H2,1H3. The van der Waals surface area contributed by atoms with Crippen molar-refractivity contribution < 1.29 is 19.1 Å². The SMILES string of the molecule is COc1cccc(C(=O)N2CCN(C(=O)c3ccc(CN4CCCC4=O)cc3)CC2)c1. The summed E-state index contributed by atoms with van der Waals surface area (Å²) in [5, 5.41) is 0. The van der Waals surface area contributed by atoms with Gasteiger partial charge in [-0.2, -0.15) is 0 Å². The number of hydrogen-bond acceptors (Lipinski definition) is 4. The molecule has 0 aliphatic carbocycles. The fourth-order valence-corrected chi connectivity index (χ4v) is 4.08. The van der Waals surface area contributed by atoms with E-state index in [2.05, 4.69) is 0 Å². The number of rotatable bonds is 5. The number of nitrogens with zero attached hydrogens (tertiary/aromatic N) is 3. The Hall–Kier alpha value is -3.35. The zero-order valence-electron chi connectivity index (χ0n) is 17.8. The maximum absolute atomic E-state index is 12.9. The van der Waals surface area contributed by atoms with Crippen LogP contribution in [0.2, 0.25) is 0 Å². The van der Waals surface area contributed by atoms with E-state index < -0.39 is 0 Å². The van der Waals surface area contributed by atoms with Gasteiger partial charge >= 0.3 is 0 Å². The Kier molecular flexibility index (Phi) is 6.21. The molecule has 2 aromatic carbocycles. The molecule has 0 unspecified atom stereocenters. The molecule has 0 bridgehead atoms. The first-order valence-electron chi connectivity index (χ1n) is 10.6.